The summed E-state index contributed by atoms with van der Waals surface area (Å²) in [6, 6.07) is 7.33. The fourth-order valence-corrected chi connectivity index (χ4v) is 4.45. The van der Waals surface area contributed by atoms with Gasteiger partial charge in [0.15, 0.2) is 5.69 Å². The summed E-state index contributed by atoms with van der Waals surface area (Å²) in [5.74, 6) is -1.26. The van der Waals surface area contributed by atoms with E-state index in [2.05, 4.69) is 4.98 Å². The Morgan fingerprint density at radius 3 is 2.81 bits per heavy atom. The highest BCUT2D eigenvalue weighted by Gasteiger charge is 2.23. The molecule has 0 spiro atoms. The highest BCUT2D eigenvalue weighted by atomic mass is 32.2. The van der Waals surface area contributed by atoms with Crippen LogP contribution in [0.25, 0.3) is 10.1 Å². The number of carboxylic acid groups (broad SMARTS) is 1. The number of benzene rings is 1. The van der Waals surface area contributed by atoms with Crippen molar-refractivity contribution in [2.75, 3.05) is 4.31 Å². The van der Waals surface area contributed by atoms with Crippen molar-refractivity contribution < 1.29 is 18.7 Å². The first-order valence-corrected chi connectivity index (χ1v) is 8.41. The molecule has 1 N–H and O–H groups in total. The van der Waals surface area contributed by atoms with E-state index in [9.17, 15) is 13.6 Å². The number of hydrogen-bond acceptors (Lipinski definition) is 6. The normalized spacial score (nSPS) is 12.4. The molecule has 0 aliphatic rings. The molecule has 21 heavy (non-hydrogen) atoms. The summed E-state index contributed by atoms with van der Waals surface area (Å²) >= 11 is -0.288. The summed E-state index contributed by atoms with van der Waals surface area (Å²) < 4.78 is 25.2. The first-order chi connectivity index (χ1) is 10.1. The van der Waals surface area contributed by atoms with Gasteiger partial charge in [-0.2, -0.15) is 0 Å². The van der Waals surface area contributed by atoms with E-state index in [4.69, 9.17) is 5.11 Å². The molecule has 0 aliphatic heterocycles. The monoisotopic (exact) mass is 339 g/mol. The summed E-state index contributed by atoms with van der Waals surface area (Å²) in [6.45, 7) is 0. The predicted molar refractivity (Wildman–Crippen MR) is 82.0 cm³/mol. The van der Waals surface area contributed by atoms with Crippen molar-refractivity contribution in [2.45, 2.75) is 0 Å². The van der Waals surface area contributed by atoms with E-state index in [1.165, 1.54) is 16.8 Å². The molecule has 9 heteroatoms. The highest BCUT2D eigenvalue weighted by Crippen LogP contribution is 2.40. The second-order valence-electron chi connectivity index (χ2n) is 3.94. The zero-order chi connectivity index (χ0) is 15.0. The molecular formula is C12H7N2O4S3-. The Morgan fingerprint density at radius 2 is 2.10 bits per heavy atom. The minimum absolute atomic E-state index is 0.0689. The lowest BCUT2D eigenvalue weighted by atomic mass is 10.2. The van der Waals surface area contributed by atoms with Gasteiger partial charge in [-0.3, -0.25) is 8.51 Å². The Bertz CT molecular complexity index is 842. The van der Waals surface area contributed by atoms with Crippen LogP contribution in [0.1, 0.15) is 10.5 Å². The molecule has 0 amide bonds. The minimum atomic E-state index is -2.65. The average Bonchev–Trinajstić information content (AvgIpc) is 3.07. The maximum Gasteiger partial charge on any atom is 0.357 e. The molecular weight excluding hydrogens is 332 g/mol. The summed E-state index contributed by atoms with van der Waals surface area (Å²) in [5, 5.41) is 11.6. The van der Waals surface area contributed by atoms with E-state index in [0.717, 1.165) is 25.7 Å². The smallest absolute Gasteiger partial charge is 0.357 e. The van der Waals surface area contributed by atoms with E-state index >= 15 is 0 Å². The second-order valence-corrected chi connectivity index (χ2v) is 6.48. The van der Waals surface area contributed by atoms with Crippen molar-refractivity contribution >= 4 is 60.7 Å². The third kappa shape index (κ3) is 2.44. The molecule has 1 atom stereocenters. The van der Waals surface area contributed by atoms with E-state index in [-0.39, 0.29) is 10.7 Å². The van der Waals surface area contributed by atoms with Crippen LogP contribution in [-0.2, 0) is 11.3 Å². The molecule has 2 heterocycles. The van der Waals surface area contributed by atoms with Gasteiger partial charge in [0.25, 0.3) is 0 Å². The molecule has 0 aliphatic carbocycles. The molecule has 3 rings (SSSR count). The zero-order valence-electron chi connectivity index (χ0n) is 10.3. The highest BCUT2D eigenvalue weighted by molar-refractivity contribution is 7.81. The largest absolute Gasteiger partial charge is 0.755 e. The van der Waals surface area contributed by atoms with Crippen LogP contribution >= 0.6 is 22.7 Å². The van der Waals surface area contributed by atoms with Gasteiger partial charge in [-0.15, -0.1) is 22.7 Å². The van der Waals surface area contributed by atoms with E-state index in [0.29, 0.717) is 5.69 Å². The average molecular weight is 339 g/mol. The number of anilines is 2. The number of thiazole rings is 1. The van der Waals surface area contributed by atoms with Gasteiger partial charge in [0.05, 0.1) is 22.5 Å². The SMILES string of the molecule is O=C(O)c1ncsc1N(c1csc2ccccc12)S(=O)[O-]. The number of nitrogens with zero attached hydrogens (tertiary/aromatic N) is 2. The van der Waals surface area contributed by atoms with Gasteiger partial charge in [-0.05, 0) is 6.07 Å². The molecule has 0 saturated carbocycles. The Morgan fingerprint density at radius 1 is 1.33 bits per heavy atom. The van der Waals surface area contributed by atoms with Crippen LogP contribution in [0.15, 0.2) is 35.2 Å². The van der Waals surface area contributed by atoms with Crippen LogP contribution in [0.3, 0.4) is 0 Å². The molecule has 6 nitrogen and oxygen atoms in total. The Hall–Kier alpha value is -1.81. The van der Waals surface area contributed by atoms with E-state index in [1.54, 1.807) is 17.5 Å². The van der Waals surface area contributed by atoms with Crippen molar-refractivity contribution in [2.24, 2.45) is 0 Å². The van der Waals surface area contributed by atoms with Gasteiger partial charge < -0.3 is 9.66 Å². The van der Waals surface area contributed by atoms with Gasteiger partial charge in [-0.1, -0.05) is 18.2 Å². The predicted octanol–water partition coefficient (Wildman–Crippen LogP) is 2.99. The quantitative estimate of drug-likeness (QED) is 0.738. The molecule has 2 aromatic heterocycles. The van der Waals surface area contributed by atoms with Gasteiger partial charge in [-0.25, -0.2) is 9.78 Å². The van der Waals surface area contributed by atoms with Crippen LogP contribution in [0.4, 0.5) is 10.7 Å². The minimum Gasteiger partial charge on any atom is -0.755 e. The number of aromatic carboxylic acids is 1. The maximum absolute atomic E-state index is 11.6. The number of thiophene rings is 1. The maximum atomic E-state index is 11.6. The Balaban J connectivity index is 2.21. The van der Waals surface area contributed by atoms with Crippen LogP contribution < -0.4 is 4.31 Å². The van der Waals surface area contributed by atoms with Crippen molar-refractivity contribution in [1.29, 1.82) is 0 Å². The Labute approximate surface area is 129 Å². The van der Waals surface area contributed by atoms with Gasteiger partial charge >= 0.3 is 5.97 Å². The molecule has 1 aromatic carbocycles. The number of aromatic nitrogens is 1. The lowest BCUT2D eigenvalue weighted by Gasteiger charge is -2.24. The van der Waals surface area contributed by atoms with Crippen molar-refractivity contribution in [1.82, 2.24) is 4.98 Å². The summed E-state index contributed by atoms with van der Waals surface area (Å²) in [4.78, 5) is 14.9. The van der Waals surface area contributed by atoms with Crippen LogP contribution in [0.2, 0.25) is 0 Å². The number of carboxylic acids is 1. The lowest BCUT2D eigenvalue weighted by molar-refractivity contribution is 0.0692. The topological polar surface area (TPSA) is 93.6 Å². The second kappa shape index (κ2) is 5.53. The third-order valence-electron chi connectivity index (χ3n) is 2.76. The first kappa shape index (κ1) is 14.1. The molecule has 0 fully saturated rings. The van der Waals surface area contributed by atoms with Gasteiger partial charge in [0.2, 0.25) is 0 Å². The fourth-order valence-electron chi connectivity index (χ4n) is 1.91. The van der Waals surface area contributed by atoms with E-state index < -0.39 is 17.2 Å². The van der Waals surface area contributed by atoms with Crippen LogP contribution in [0, 0.1) is 0 Å². The van der Waals surface area contributed by atoms with Gasteiger partial charge in [0.1, 0.15) is 5.00 Å². The molecule has 0 radical (unpaired) electrons. The number of hydrogen-bond donors (Lipinski definition) is 1. The first-order valence-electron chi connectivity index (χ1n) is 5.62. The summed E-state index contributed by atoms with van der Waals surface area (Å²) in [7, 11) is 0. The molecule has 0 saturated heterocycles. The molecule has 0 bridgehead atoms. The van der Waals surface area contributed by atoms with Crippen molar-refractivity contribution in [3.05, 3.63) is 40.8 Å². The number of rotatable bonds is 4. The fraction of sp³-hybridized carbons (Fsp3) is 0. The molecule has 108 valence electrons. The van der Waals surface area contributed by atoms with Crippen LogP contribution in [0.5, 0.6) is 0 Å². The molecule has 3 aromatic rings. The van der Waals surface area contributed by atoms with Crippen molar-refractivity contribution in [3.8, 4) is 0 Å². The summed E-state index contributed by atoms with van der Waals surface area (Å²) in [6.07, 6.45) is 0. The van der Waals surface area contributed by atoms with Crippen LogP contribution in [-0.4, -0.2) is 24.8 Å². The Kier molecular flexibility index (Phi) is 3.72. The lowest BCUT2D eigenvalue weighted by Crippen LogP contribution is -2.20. The third-order valence-corrected chi connectivity index (χ3v) is 5.32. The zero-order valence-corrected chi connectivity index (χ0v) is 12.7. The standard InChI is InChI=1S/C12H8N2O4S3/c15-12(16)10-11(20-6-13-10)14(21(17)18)8-5-19-9-4-2-1-3-7(8)9/h1-6H,(H,15,16)(H,17,18)/p-1. The van der Waals surface area contributed by atoms with Crippen molar-refractivity contribution in [3.63, 3.8) is 0 Å². The van der Waals surface area contributed by atoms with Gasteiger partial charge in [0, 0.05) is 15.5 Å². The van der Waals surface area contributed by atoms with E-state index in [1.807, 2.05) is 12.1 Å². The number of fused-ring (bicyclic) bond motifs is 1. The number of carbonyl (C=O) groups is 1. The summed E-state index contributed by atoms with van der Waals surface area (Å²) in [5.41, 5.74) is 1.46. The molecule has 1 unspecified atom stereocenters.